The van der Waals surface area contributed by atoms with Crippen molar-refractivity contribution in [1.82, 2.24) is 10.2 Å². The zero-order valence-corrected chi connectivity index (χ0v) is 11.1. The molecule has 0 aromatic carbocycles. The van der Waals surface area contributed by atoms with E-state index < -0.39 is 0 Å². The molecule has 15 heavy (non-hydrogen) atoms. The number of nitrogens with zero attached hydrogens (tertiary/aromatic N) is 1. The summed E-state index contributed by atoms with van der Waals surface area (Å²) < 4.78 is 0. The molecule has 0 bridgehead atoms. The quantitative estimate of drug-likeness (QED) is 0.886. The van der Waals surface area contributed by atoms with Crippen LogP contribution in [-0.2, 0) is 6.54 Å². The molecule has 1 atom stereocenters. The molecule has 5 heteroatoms. The number of hydrogen-bond acceptors (Lipinski definition) is 3. The van der Waals surface area contributed by atoms with Gasteiger partial charge in [-0.15, -0.1) is 23.7 Å². The van der Waals surface area contributed by atoms with E-state index in [4.69, 9.17) is 11.6 Å². The van der Waals surface area contributed by atoms with Gasteiger partial charge in [0.05, 0.1) is 5.02 Å². The average Bonchev–Trinajstić information content (AvgIpc) is 2.51. The van der Waals surface area contributed by atoms with Gasteiger partial charge in [0.25, 0.3) is 0 Å². The summed E-state index contributed by atoms with van der Waals surface area (Å²) in [5, 5.41) is 6.31. The molecule has 2 heterocycles. The Morgan fingerprint density at radius 1 is 1.67 bits per heavy atom. The molecule has 1 aliphatic heterocycles. The molecule has 0 saturated carbocycles. The fourth-order valence-corrected chi connectivity index (χ4v) is 2.93. The Morgan fingerprint density at radius 3 is 3.07 bits per heavy atom. The SMILES string of the molecule is CC1CN(Cc2cc(Cl)cs2)CCN1.Cl. The largest absolute Gasteiger partial charge is 0.312 e. The Labute approximate surface area is 106 Å². The van der Waals surface area contributed by atoms with E-state index in [9.17, 15) is 0 Å². The number of rotatable bonds is 2. The maximum Gasteiger partial charge on any atom is 0.0516 e. The van der Waals surface area contributed by atoms with Gasteiger partial charge < -0.3 is 5.32 Å². The summed E-state index contributed by atoms with van der Waals surface area (Å²) in [7, 11) is 0. The Bertz CT molecular complexity index is 303. The monoisotopic (exact) mass is 266 g/mol. The van der Waals surface area contributed by atoms with Crippen LogP contribution in [-0.4, -0.2) is 30.6 Å². The fourth-order valence-electron chi connectivity index (χ4n) is 1.81. The molecular weight excluding hydrogens is 251 g/mol. The number of piperazine rings is 1. The second-order valence-electron chi connectivity index (χ2n) is 3.82. The van der Waals surface area contributed by atoms with Gasteiger partial charge in [0.1, 0.15) is 0 Å². The molecule has 1 fully saturated rings. The molecule has 2 nitrogen and oxygen atoms in total. The third kappa shape index (κ3) is 3.93. The number of thiophene rings is 1. The third-order valence-electron chi connectivity index (χ3n) is 2.45. The van der Waals surface area contributed by atoms with Crippen molar-refractivity contribution < 1.29 is 0 Å². The van der Waals surface area contributed by atoms with E-state index in [0.717, 1.165) is 31.2 Å². The van der Waals surface area contributed by atoms with Crippen molar-refractivity contribution in [1.29, 1.82) is 0 Å². The van der Waals surface area contributed by atoms with Crippen LogP contribution in [0.25, 0.3) is 0 Å². The Kier molecular flexibility index (Phi) is 5.36. The van der Waals surface area contributed by atoms with E-state index in [-0.39, 0.29) is 12.4 Å². The van der Waals surface area contributed by atoms with E-state index in [1.807, 2.05) is 5.38 Å². The van der Waals surface area contributed by atoms with Crippen molar-refractivity contribution in [2.24, 2.45) is 0 Å². The second kappa shape index (κ2) is 6.06. The van der Waals surface area contributed by atoms with Gasteiger partial charge in [0.15, 0.2) is 0 Å². The van der Waals surface area contributed by atoms with Crippen molar-refractivity contribution in [2.75, 3.05) is 19.6 Å². The molecule has 1 aromatic rings. The van der Waals surface area contributed by atoms with E-state index in [2.05, 4.69) is 23.2 Å². The lowest BCUT2D eigenvalue weighted by Crippen LogP contribution is -2.48. The van der Waals surface area contributed by atoms with Crippen molar-refractivity contribution in [2.45, 2.75) is 19.5 Å². The minimum absolute atomic E-state index is 0. The number of hydrogen-bond donors (Lipinski definition) is 1. The normalized spacial score (nSPS) is 22.4. The van der Waals surface area contributed by atoms with Gasteiger partial charge in [-0.05, 0) is 13.0 Å². The Balaban J connectivity index is 0.00000112. The second-order valence-corrected chi connectivity index (χ2v) is 5.25. The minimum Gasteiger partial charge on any atom is -0.312 e. The smallest absolute Gasteiger partial charge is 0.0516 e. The van der Waals surface area contributed by atoms with Gasteiger partial charge in [-0.1, -0.05) is 11.6 Å². The van der Waals surface area contributed by atoms with Gasteiger partial charge in [-0.3, -0.25) is 4.90 Å². The number of nitrogens with one attached hydrogen (secondary N) is 1. The maximum absolute atomic E-state index is 5.89. The fraction of sp³-hybridized carbons (Fsp3) is 0.600. The van der Waals surface area contributed by atoms with Gasteiger partial charge in [-0.25, -0.2) is 0 Å². The molecule has 1 aromatic heterocycles. The molecule has 0 amide bonds. The molecule has 1 N–H and O–H groups in total. The van der Waals surface area contributed by atoms with E-state index in [0.29, 0.717) is 6.04 Å². The van der Waals surface area contributed by atoms with Crippen molar-refractivity contribution >= 4 is 35.3 Å². The first-order chi connectivity index (χ1) is 6.74. The highest BCUT2D eigenvalue weighted by molar-refractivity contribution is 7.10. The Morgan fingerprint density at radius 2 is 2.47 bits per heavy atom. The molecule has 1 unspecified atom stereocenters. The summed E-state index contributed by atoms with van der Waals surface area (Å²) in [5.41, 5.74) is 0. The molecular formula is C10H16Cl2N2S. The summed E-state index contributed by atoms with van der Waals surface area (Å²) in [6.07, 6.45) is 0. The highest BCUT2D eigenvalue weighted by Gasteiger charge is 2.15. The third-order valence-corrected chi connectivity index (χ3v) is 3.72. The van der Waals surface area contributed by atoms with Gasteiger partial charge in [0, 0.05) is 42.5 Å². The van der Waals surface area contributed by atoms with Crippen LogP contribution in [0.2, 0.25) is 5.02 Å². The lowest BCUT2D eigenvalue weighted by molar-refractivity contribution is 0.201. The van der Waals surface area contributed by atoms with Crippen LogP contribution in [0.15, 0.2) is 11.4 Å². The van der Waals surface area contributed by atoms with Crippen LogP contribution in [0.5, 0.6) is 0 Å². The highest BCUT2D eigenvalue weighted by atomic mass is 35.5. The first-order valence-electron chi connectivity index (χ1n) is 4.92. The van der Waals surface area contributed by atoms with E-state index in [1.54, 1.807) is 11.3 Å². The van der Waals surface area contributed by atoms with Gasteiger partial charge in [-0.2, -0.15) is 0 Å². The van der Waals surface area contributed by atoms with Crippen LogP contribution in [0.3, 0.4) is 0 Å². The minimum atomic E-state index is 0. The maximum atomic E-state index is 5.89. The standard InChI is InChI=1S/C10H15ClN2S.ClH/c1-8-5-13(3-2-12-8)6-10-4-9(11)7-14-10;/h4,7-8,12H,2-3,5-6H2,1H3;1H. The topological polar surface area (TPSA) is 15.3 Å². The van der Waals surface area contributed by atoms with Crippen LogP contribution < -0.4 is 5.32 Å². The lowest BCUT2D eigenvalue weighted by Gasteiger charge is -2.31. The van der Waals surface area contributed by atoms with Gasteiger partial charge in [0.2, 0.25) is 0 Å². The Hall–Kier alpha value is 0.200. The molecule has 1 aliphatic rings. The zero-order valence-electron chi connectivity index (χ0n) is 8.70. The van der Waals surface area contributed by atoms with Crippen molar-refractivity contribution in [3.05, 3.63) is 21.3 Å². The first kappa shape index (κ1) is 13.3. The molecule has 0 radical (unpaired) electrons. The average molecular weight is 267 g/mol. The summed E-state index contributed by atoms with van der Waals surface area (Å²) in [6.45, 7) is 6.65. The van der Waals surface area contributed by atoms with Crippen molar-refractivity contribution in [3.8, 4) is 0 Å². The lowest BCUT2D eigenvalue weighted by atomic mass is 10.2. The molecule has 2 rings (SSSR count). The molecule has 0 spiro atoms. The van der Waals surface area contributed by atoms with E-state index >= 15 is 0 Å². The summed E-state index contributed by atoms with van der Waals surface area (Å²) >= 11 is 7.64. The van der Waals surface area contributed by atoms with Crippen LogP contribution in [0.1, 0.15) is 11.8 Å². The molecule has 0 aliphatic carbocycles. The summed E-state index contributed by atoms with van der Waals surface area (Å²) in [6, 6.07) is 2.68. The zero-order chi connectivity index (χ0) is 9.97. The molecule has 86 valence electrons. The predicted molar refractivity (Wildman–Crippen MR) is 69.3 cm³/mol. The van der Waals surface area contributed by atoms with E-state index in [1.165, 1.54) is 4.88 Å². The van der Waals surface area contributed by atoms with Crippen LogP contribution >= 0.6 is 35.3 Å². The van der Waals surface area contributed by atoms with Gasteiger partial charge >= 0.3 is 0 Å². The summed E-state index contributed by atoms with van der Waals surface area (Å²) in [5.74, 6) is 0. The summed E-state index contributed by atoms with van der Waals surface area (Å²) in [4.78, 5) is 3.84. The van der Waals surface area contributed by atoms with Crippen LogP contribution in [0, 0.1) is 0 Å². The van der Waals surface area contributed by atoms with Crippen LogP contribution in [0.4, 0.5) is 0 Å². The molecule has 1 saturated heterocycles. The highest BCUT2D eigenvalue weighted by Crippen LogP contribution is 2.20. The van der Waals surface area contributed by atoms with Crippen molar-refractivity contribution in [3.63, 3.8) is 0 Å². The predicted octanol–water partition coefficient (Wildman–Crippen LogP) is 2.62. The first-order valence-corrected chi connectivity index (χ1v) is 6.18. The number of halogens is 2.